The monoisotopic (exact) mass is 280 g/mol. The Morgan fingerprint density at radius 3 is 2.70 bits per heavy atom. The summed E-state index contributed by atoms with van der Waals surface area (Å²) in [6.07, 6.45) is 0.0810. The van der Waals surface area contributed by atoms with Crippen LogP contribution in [0.2, 0.25) is 0 Å². The van der Waals surface area contributed by atoms with Gasteiger partial charge in [0.2, 0.25) is 5.95 Å². The maximum absolute atomic E-state index is 5.69. The van der Waals surface area contributed by atoms with E-state index >= 15 is 0 Å². The third-order valence-electron chi connectivity index (χ3n) is 3.51. The number of anilines is 2. The van der Waals surface area contributed by atoms with Gasteiger partial charge in [-0.15, -0.1) is 0 Å². The molecule has 0 aliphatic carbocycles. The Morgan fingerprint density at radius 2 is 2.05 bits per heavy atom. The average Bonchev–Trinajstić information content (AvgIpc) is 2.82. The molecule has 1 fully saturated rings. The van der Waals surface area contributed by atoms with E-state index in [0.29, 0.717) is 25.8 Å². The second-order valence-electron chi connectivity index (χ2n) is 5.26. The van der Waals surface area contributed by atoms with Crippen LogP contribution < -0.4 is 10.2 Å². The number of ether oxygens (including phenoxy) is 2. The SMILES string of the molecule is CCO[C@H]1COC[C@@H]1Nc1nc(N(C)C)nc(C)c1C. The number of hydrogen-bond donors (Lipinski definition) is 1. The van der Waals surface area contributed by atoms with E-state index in [1.54, 1.807) is 0 Å². The first-order chi connectivity index (χ1) is 9.52. The van der Waals surface area contributed by atoms with Crippen LogP contribution in [0.5, 0.6) is 0 Å². The van der Waals surface area contributed by atoms with Gasteiger partial charge in [-0.1, -0.05) is 0 Å². The Morgan fingerprint density at radius 1 is 1.30 bits per heavy atom. The quantitative estimate of drug-likeness (QED) is 0.879. The third kappa shape index (κ3) is 3.19. The van der Waals surface area contributed by atoms with Crippen LogP contribution in [0.1, 0.15) is 18.2 Å². The molecule has 2 atom stereocenters. The molecule has 1 aliphatic rings. The molecule has 1 saturated heterocycles. The van der Waals surface area contributed by atoms with Gasteiger partial charge in [0.25, 0.3) is 0 Å². The molecule has 2 heterocycles. The van der Waals surface area contributed by atoms with E-state index in [9.17, 15) is 0 Å². The van der Waals surface area contributed by atoms with Crippen molar-refractivity contribution in [2.45, 2.75) is 32.9 Å². The summed E-state index contributed by atoms with van der Waals surface area (Å²) in [6.45, 7) is 8.00. The molecule has 20 heavy (non-hydrogen) atoms. The van der Waals surface area contributed by atoms with E-state index in [0.717, 1.165) is 17.1 Å². The Bertz CT molecular complexity index is 465. The van der Waals surface area contributed by atoms with Crippen molar-refractivity contribution in [1.29, 1.82) is 0 Å². The van der Waals surface area contributed by atoms with Gasteiger partial charge in [0, 0.05) is 32.0 Å². The summed E-state index contributed by atoms with van der Waals surface area (Å²) in [5, 5.41) is 3.45. The smallest absolute Gasteiger partial charge is 0.227 e. The van der Waals surface area contributed by atoms with E-state index in [2.05, 4.69) is 15.3 Å². The molecule has 2 rings (SSSR count). The molecule has 1 aromatic rings. The first-order valence-corrected chi connectivity index (χ1v) is 7.01. The number of hydrogen-bond acceptors (Lipinski definition) is 6. The van der Waals surface area contributed by atoms with Gasteiger partial charge in [-0.2, -0.15) is 4.98 Å². The molecule has 6 nitrogen and oxygen atoms in total. The molecule has 0 unspecified atom stereocenters. The Labute approximate surface area is 120 Å². The number of aromatic nitrogens is 2. The topological polar surface area (TPSA) is 59.5 Å². The molecule has 112 valence electrons. The van der Waals surface area contributed by atoms with E-state index in [4.69, 9.17) is 9.47 Å². The van der Waals surface area contributed by atoms with Crippen molar-refractivity contribution in [2.75, 3.05) is 44.1 Å². The van der Waals surface area contributed by atoms with Crippen molar-refractivity contribution in [2.24, 2.45) is 0 Å². The lowest BCUT2D eigenvalue weighted by Crippen LogP contribution is -2.35. The van der Waals surface area contributed by atoms with E-state index in [1.807, 2.05) is 39.8 Å². The van der Waals surface area contributed by atoms with Crippen molar-refractivity contribution in [3.05, 3.63) is 11.3 Å². The standard InChI is InChI=1S/C14H24N4O2/c1-6-20-12-8-19-7-11(12)16-13-9(2)10(3)15-14(17-13)18(4)5/h11-12H,6-8H2,1-5H3,(H,15,16,17)/t11-,12-/m0/s1. The Hall–Kier alpha value is -1.40. The lowest BCUT2D eigenvalue weighted by molar-refractivity contribution is 0.0478. The van der Waals surface area contributed by atoms with Crippen LogP contribution in [0.25, 0.3) is 0 Å². The van der Waals surface area contributed by atoms with Crippen LogP contribution in [0.4, 0.5) is 11.8 Å². The zero-order valence-corrected chi connectivity index (χ0v) is 12.9. The van der Waals surface area contributed by atoms with Gasteiger partial charge < -0.3 is 19.7 Å². The highest BCUT2D eigenvalue weighted by Crippen LogP contribution is 2.22. The van der Waals surface area contributed by atoms with Crippen LogP contribution in [0, 0.1) is 13.8 Å². The molecule has 0 amide bonds. The minimum atomic E-state index is 0.0810. The lowest BCUT2D eigenvalue weighted by Gasteiger charge is -2.22. The third-order valence-corrected chi connectivity index (χ3v) is 3.51. The van der Waals surface area contributed by atoms with E-state index < -0.39 is 0 Å². The van der Waals surface area contributed by atoms with Gasteiger partial charge in [0.05, 0.1) is 19.3 Å². The predicted octanol–water partition coefficient (Wildman–Crippen LogP) is 1.38. The van der Waals surface area contributed by atoms with Gasteiger partial charge >= 0.3 is 0 Å². The summed E-state index contributed by atoms with van der Waals surface area (Å²) >= 11 is 0. The summed E-state index contributed by atoms with van der Waals surface area (Å²) in [7, 11) is 3.88. The average molecular weight is 280 g/mol. The second kappa shape index (κ2) is 6.37. The van der Waals surface area contributed by atoms with Crippen molar-refractivity contribution in [3.63, 3.8) is 0 Å². The molecule has 1 aliphatic heterocycles. The second-order valence-corrected chi connectivity index (χ2v) is 5.26. The van der Waals surface area contributed by atoms with Gasteiger partial charge in [0.1, 0.15) is 11.9 Å². The lowest BCUT2D eigenvalue weighted by atomic mass is 10.2. The summed E-state index contributed by atoms with van der Waals surface area (Å²) in [5.41, 5.74) is 2.05. The van der Waals surface area contributed by atoms with Crippen molar-refractivity contribution >= 4 is 11.8 Å². The first kappa shape index (κ1) is 15.0. The van der Waals surface area contributed by atoms with Crippen LogP contribution in [-0.4, -0.2) is 56.0 Å². The molecule has 0 radical (unpaired) electrons. The fraction of sp³-hybridized carbons (Fsp3) is 0.714. The first-order valence-electron chi connectivity index (χ1n) is 7.01. The predicted molar refractivity (Wildman–Crippen MR) is 79.5 cm³/mol. The van der Waals surface area contributed by atoms with Crippen molar-refractivity contribution < 1.29 is 9.47 Å². The molecule has 0 bridgehead atoms. The van der Waals surface area contributed by atoms with Gasteiger partial charge in [-0.25, -0.2) is 4.98 Å². The zero-order valence-electron chi connectivity index (χ0n) is 12.9. The van der Waals surface area contributed by atoms with Gasteiger partial charge in [-0.05, 0) is 20.8 Å². The molecule has 1 aromatic heterocycles. The number of rotatable bonds is 5. The summed E-state index contributed by atoms with van der Waals surface area (Å²) in [6, 6.07) is 0.137. The highest BCUT2D eigenvalue weighted by atomic mass is 16.5. The molecule has 0 saturated carbocycles. The largest absolute Gasteiger partial charge is 0.376 e. The van der Waals surface area contributed by atoms with Crippen LogP contribution in [0.15, 0.2) is 0 Å². The molecule has 0 spiro atoms. The summed E-state index contributed by atoms with van der Waals surface area (Å²) in [4.78, 5) is 11.0. The normalized spacial score (nSPS) is 22.1. The molecule has 6 heteroatoms. The van der Waals surface area contributed by atoms with Crippen molar-refractivity contribution in [3.8, 4) is 0 Å². The Balaban J connectivity index is 2.19. The molecular formula is C14H24N4O2. The Kier molecular flexibility index (Phi) is 4.77. The zero-order chi connectivity index (χ0) is 14.7. The van der Waals surface area contributed by atoms with Crippen LogP contribution in [-0.2, 0) is 9.47 Å². The van der Waals surface area contributed by atoms with Crippen molar-refractivity contribution in [1.82, 2.24) is 9.97 Å². The fourth-order valence-corrected chi connectivity index (χ4v) is 2.18. The van der Waals surface area contributed by atoms with Gasteiger partial charge in [-0.3, -0.25) is 0 Å². The maximum Gasteiger partial charge on any atom is 0.227 e. The maximum atomic E-state index is 5.69. The van der Waals surface area contributed by atoms with Crippen LogP contribution >= 0.6 is 0 Å². The minimum Gasteiger partial charge on any atom is -0.376 e. The van der Waals surface area contributed by atoms with E-state index in [1.165, 1.54) is 0 Å². The van der Waals surface area contributed by atoms with Crippen LogP contribution in [0.3, 0.4) is 0 Å². The summed E-state index contributed by atoms with van der Waals surface area (Å²) < 4.78 is 11.2. The van der Waals surface area contributed by atoms with E-state index in [-0.39, 0.29) is 12.1 Å². The highest BCUT2D eigenvalue weighted by Gasteiger charge is 2.29. The molecule has 1 N–H and O–H groups in total. The summed E-state index contributed by atoms with van der Waals surface area (Å²) in [5.74, 6) is 1.57. The number of nitrogens with one attached hydrogen (secondary N) is 1. The molecular weight excluding hydrogens is 256 g/mol. The molecule has 0 aromatic carbocycles. The highest BCUT2D eigenvalue weighted by molar-refractivity contribution is 5.51. The van der Waals surface area contributed by atoms with Gasteiger partial charge in [0.15, 0.2) is 0 Å². The fourth-order valence-electron chi connectivity index (χ4n) is 2.18. The number of aryl methyl sites for hydroxylation is 1. The minimum absolute atomic E-state index is 0.0810. The number of nitrogens with zero attached hydrogens (tertiary/aromatic N) is 3.